The van der Waals surface area contributed by atoms with Gasteiger partial charge in [0, 0.05) is 38.7 Å². The Bertz CT molecular complexity index is 2360. The molecule has 0 saturated heterocycles. The molecular weight excluding hydrogens is 585 g/mol. The van der Waals surface area contributed by atoms with Gasteiger partial charge in [-0.1, -0.05) is 135 Å². The standard InChI is InChI=1S/C44H34N4/c1-28(2)38-25-29(3)45-43-37(38)23-21-33-22-24-39(46-42(33)43)36-16-10-15-35(26-36)30-17-19-32(20-18-30)41-27-40(31-11-6-4-7-12-31)47-44(48-41)34-13-8-5-9-14-34/h4-28H,1-3H3. The van der Waals surface area contributed by atoms with E-state index in [9.17, 15) is 0 Å². The number of benzene rings is 5. The van der Waals surface area contributed by atoms with Crippen LogP contribution < -0.4 is 0 Å². The molecule has 0 bridgehead atoms. The molecule has 230 valence electrons. The Morgan fingerprint density at radius 2 is 1.02 bits per heavy atom. The molecular formula is C44H34N4. The molecule has 5 aromatic carbocycles. The molecule has 4 nitrogen and oxygen atoms in total. The molecule has 0 fully saturated rings. The minimum absolute atomic E-state index is 0.407. The van der Waals surface area contributed by atoms with Crippen molar-refractivity contribution >= 4 is 21.8 Å². The first-order valence-corrected chi connectivity index (χ1v) is 16.4. The van der Waals surface area contributed by atoms with Crippen molar-refractivity contribution < 1.29 is 0 Å². The lowest BCUT2D eigenvalue weighted by atomic mass is 9.96. The van der Waals surface area contributed by atoms with E-state index in [2.05, 4.69) is 130 Å². The number of aromatic nitrogens is 4. The topological polar surface area (TPSA) is 51.6 Å². The van der Waals surface area contributed by atoms with Gasteiger partial charge in [-0.25, -0.2) is 15.0 Å². The highest BCUT2D eigenvalue weighted by atomic mass is 14.9. The van der Waals surface area contributed by atoms with Crippen molar-refractivity contribution in [2.75, 3.05) is 0 Å². The molecule has 8 rings (SSSR count). The minimum atomic E-state index is 0.407. The Kier molecular flexibility index (Phi) is 7.54. The first kappa shape index (κ1) is 29.4. The first-order chi connectivity index (χ1) is 23.5. The van der Waals surface area contributed by atoms with Crippen LogP contribution >= 0.6 is 0 Å². The minimum Gasteiger partial charge on any atom is -0.251 e. The third-order valence-electron chi connectivity index (χ3n) is 8.92. The summed E-state index contributed by atoms with van der Waals surface area (Å²) in [6.45, 7) is 6.54. The van der Waals surface area contributed by atoms with Crippen molar-refractivity contribution in [2.24, 2.45) is 0 Å². The van der Waals surface area contributed by atoms with Gasteiger partial charge in [0.1, 0.15) is 0 Å². The highest BCUT2D eigenvalue weighted by Gasteiger charge is 2.14. The molecule has 0 atom stereocenters. The van der Waals surface area contributed by atoms with Crippen LogP contribution in [0.4, 0.5) is 0 Å². The fourth-order valence-electron chi connectivity index (χ4n) is 6.43. The molecule has 4 heteroatoms. The summed E-state index contributed by atoms with van der Waals surface area (Å²) in [7, 11) is 0. The first-order valence-electron chi connectivity index (χ1n) is 16.4. The lowest BCUT2D eigenvalue weighted by Crippen LogP contribution is -1.96. The van der Waals surface area contributed by atoms with Crippen LogP contribution in [0.1, 0.15) is 31.0 Å². The van der Waals surface area contributed by atoms with E-state index in [-0.39, 0.29) is 0 Å². The van der Waals surface area contributed by atoms with E-state index in [4.69, 9.17) is 19.9 Å². The summed E-state index contributed by atoms with van der Waals surface area (Å²) in [5.41, 5.74) is 13.4. The van der Waals surface area contributed by atoms with Crippen molar-refractivity contribution in [3.8, 4) is 56.3 Å². The van der Waals surface area contributed by atoms with Gasteiger partial charge in [0.15, 0.2) is 5.82 Å². The quantitative estimate of drug-likeness (QED) is 0.174. The van der Waals surface area contributed by atoms with Crippen molar-refractivity contribution in [3.63, 3.8) is 0 Å². The molecule has 0 radical (unpaired) electrons. The number of aryl methyl sites for hydroxylation is 1. The molecule has 0 N–H and O–H groups in total. The van der Waals surface area contributed by atoms with Crippen LogP contribution in [0.5, 0.6) is 0 Å². The van der Waals surface area contributed by atoms with Crippen molar-refractivity contribution in [3.05, 3.63) is 157 Å². The third kappa shape index (κ3) is 5.62. The SMILES string of the molecule is Cc1cc(C(C)C)c2ccc3ccc(-c4cccc(-c5ccc(-c6cc(-c7ccccc7)nc(-c7ccccc7)n6)cc5)c4)nc3c2n1. The van der Waals surface area contributed by atoms with Gasteiger partial charge in [-0.05, 0) is 53.8 Å². The predicted octanol–water partition coefficient (Wildman–Crippen LogP) is 11.3. The van der Waals surface area contributed by atoms with E-state index in [0.717, 1.165) is 72.6 Å². The monoisotopic (exact) mass is 618 g/mol. The van der Waals surface area contributed by atoms with E-state index in [0.29, 0.717) is 11.7 Å². The Balaban J connectivity index is 1.15. The maximum atomic E-state index is 5.19. The molecule has 0 spiro atoms. The number of nitrogens with zero attached hydrogens (tertiary/aromatic N) is 4. The van der Waals surface area contributed by atoms with E-state index >= 15 is 0 Å². The maximum absolute atomic E-state index is 5.19. The van der Waals surface area contributed by atoms with E-state index in [1.807, 2.05) is 36.4 Å². The number of rotatable bonds is 6. The Labute approximate surface area is 280 Å². The normalized spacial score (nSPS) is 11.4. The van der Waals surface area contributed by atoms with Gasteiger partial charge < -0.3 is 0 Å². The van der Waals surface area contributed by atoms with Gasteiger partial charge in [0.25, 0.3) is 0 Å². The Morgan fingerprint density at radius 3 is 1.73 bits per heavy atom. The molecule has 0 aliphatic carbocycles. The lowest BCUT2D eigenvalue weighted by Gasteiger charge is -2.13. The van der Waals surface area contributed by atoms with Crippen molar-refractivity contribution in [2.45, 2.75) is 26.7 Å². The molecule has 0 amide bonds. The van der Waals surface area contributed by atoms with Gasteiger partial charge >= 0.3 is 0 Å². The van der Waals surface area contributed by atoms with Crippen LogP contribution in [-0.2, 0) is 0 Å². The average Bonchev–Trinajstić information content (AvgIpc) is 3.15. The zero-order valence-corrected chi connectivity index (χ0v) is 27.2. The second kappa shape index (κ2) is 12.3. The van der Waals surface area contributed by atoms with Gasteiger partial charge in [0.05, 0.1) is 28.1 Å². The van der Waals surface area contributed by atoms with Crippen LogP contribution in [0.25, 0.3) is 78.1 Å². The van der Waals surface area contributed by atoms with Crippen LogP contribution in [0.3, 0.4) is 0 Å². The summed E-state index contributed by atoms with van der Waals surface area (Å²) in [6, 6.07) is 50.6. The molecule has 8 aromatic rings. The summed E-state index contributed by atoms with van der Waals surface area (Å²) in [5.74, 6) is 1.12. The maximum Gasteiger partial charge on any atom is 0.160 e. The van der Waals surface area contributed by atoms with Crippen LogP contribution in [-0.4, -0.2) is 19.9 Å². The van der Waals surface area contributed by atoms with E-state index in [1.54, 1.807) is 0 Å². The molecule has 0 unspecified atom stereocenters. The van der Waals surface area contributed by atoms with E-state index < -0.39 is 0 Å². The van der Waals surface area contributed by atoms with Gasteiger partial charge in [-0.15, -0.1) is 0 Å². The fraction of sp³-hybridized carbons (Fsp3) is 0.0909. The van der Waals surface area contributed by atoms with Gasteiger partial charge in [-0.2, -0.15) is 0 Å². The second-order valence-corrected chi connectivity index (χ2v) is 12.6. The van der Waals surface area contributed by atoms with Crippen molar-refractivity contribution in [1.82, 2.24) is 19.9 Å². The Morgan fingerprint density at radius 1 is 0.417 bits per heavy atom. The molecule has 3 aromatic heterocycles. The zero-order valence-electron chi connectivity index (χ0n) is 27.2. The Hall–Kier alpha value is -6.00. The average molecular weight is 619 g/mol. The number of hydrogen-bond donors (Lipinski definition) is 0. The van der Waals surface area contributed by atoms with Crippen LogP contribution in [0.15, 0.2) is 146 Å². The summed E-state index contributed by atoms with van der Waals surface area (Å²) >= 11 is 0. The summed E-state index contributed by atoms with van der Waals surface area (Å²) in [4.78, 5) is 20.1. The fourth-order valence-corrected chi connectivity index (χ4v) is 6.43. The summed E-state index contributed by atoms with van der Waals surface area (Å²) in [6.07, 6.45) is 0. The van der Waals surface area contributed by atoms with Crippen molar-refractivity contribution in [1.29, 1.82) is 0 Å². The van der Waals surface area contributed by atoms with Crippen LogP contribution in [0.2, 0.25) is 0 Å². The lowest BCUT2D eigenvalue weighted by molar-refractivity contribution is 0.871. The zero-order chi connectivity index (χ0) is 32.6. The highest BCUT2D eigenvalue weighted by Crippen LogP contribution is 2.33. The number of pyridine rings is 2. The molecule has 0 aliphatic heterocycles. The second-order valence-electron chi connectivity index (χ2n) is 12.6. The molecule has 48 heavy (non-hydrogen) atoms. The third-order valence-corrected chi connectivity index (χ3v) is 8.92. The number of fused-ring (bicyclic) bond motifs is 3. The molecule has 3 heterocycles. The molecule has 0 saturated carbocycles. The van der Waals surface area contributed by atoms with E-state index in [1.165, 1.54) is 10.9 Å². The van der Waals surface area contributed by atoms with Crippen LogP contribution in [0, 0.1) is 6.92 Å². The summed E-state index contributed by atoms with van der Waals surface area (Å²) < 4.78 is 0. The van der Waals surface area contributed by atoms with Gasteiger partial charge in [-0.3, -0.25) is 4.98 Å². The largest absolute Gasteiger partial charge is 0.251 e. The molecule has 0 aliphatic rings. The smallest absolute Gasteiger partial charge is 0.160 e. The van der Waals surface area contributed by atoms with Gasteiger partial charge in [0.2, 0.25) is 0 Å². The number of hydrogen-bond acceptors (Lipinski definition) is 4. The highest BCUT2D eigenvalue weighted by molar-refractivity contribution is 6.04. The summed E-state index contributed by atoms with van der Waals surface area (Å²) in [5, 5.41) is 2.28. The predicted molar refractivity (Wildman–Crippen MR) is 199 cm³/mol.